The van der Waals surface area contributed by atoms with Gasteiger partial charge in [-0.05, 0) is 6.92 Å². The van der Waals surface area contributed by atoms with Gasteiger partial charge in [-0.15, -0.1) is 0 Å². The zero-order valence-electron chi connectivity index (χ0n) is 6.03. The molecule has 1 unspecified atom stereocenters. The molecule has 1 heterocycles. The van der Waals surface area contributed by atoms with E-state index < -0.39 is 12.0 Å². The zero-order chi connectivity index (χ0) is 8.43. The van der Waals surface area contributed by atoms with Crippen LogP contribution in [0.15, 0.2) is 6.20 Å². The minimum atomic E-state index is -1.08. The molecular formula is C6H9N3O2. The molecule has 11 heavy (non-hydrogen) atoms. The molecule has 0 aromatic carbocycles. The number of imidazole rings is 1. The highest BCUT2D eigenvalue weighted by Crippen LogP contribution is 2.04. The van der Waals surface area contributed by atoms with E-state index in [0.29, 0.717) is 0 Å². The number of hydrogen-bond acceptors (Lipinski definition) is 3. The molecule has 4 N–H and O–H groups in total. The van der Waals surface area contributed by atoms with Crippen molar-refractivity contribution in [2.75, 3.05) is 0 Å². The number of aryl methyl sites for hydroxylation is 1. The van der Waals surface area contributed by atoms with Crippen molar-refractivity contribution in [3.05, 3.63) is 17.7 Å². The van der Waals surface area contributed by atoms with Crippen LogP contribution in [0, 0.1) is 6.92 Å². The smallest absolute Gasteiger partial charge is 0.328 e. The molecule has 0 amide bonds. The summed E-state index contributed by atoms with van der Waals surface area (Å²) in [6, 6.07) is -1.05. The van der Waals surface area contributed by atoms with Crippen LogP contribution in [0.3, 0.4) is 0 Å². The van der Waals surface area contributed by atoms with Gasteiger partial charge in [-0.2, -0.15) is 0 Å². The number of aromatic nitrogens is 2. The highest BCUT2D eigenvalue weighted by atomic mass is 16.4. The number of H-pyrrole nitrogens is 1. The molecule has 1 rings (SSSR count). The van der Waals surface area contributed by atoms with E-state index in [0.717, 1.165) is 5.69 Å². The van der Waals surface area contributed by atoms with E-state index in [4.69, 9.17) is 10.8 Å². The normalized spacial score (nSPS) is 12.9. The number of carboxylic acid groups (broad SMARTS) is 1. The van der Waals surface area contributed by atoms with Gasteiger partial charge in [-0.25, -0.2) is 4.98 Å². The van der Waals surface area contributed by atoms with Crippen LogP contribution in [-0.2, 0) is 4.79 Å². The number of nitrogens with two attached hydrogens (primary N) is 1. The summed E-state index contributed by atoms with van der Waals surface area (Å²) in [7, 11) is 0. The summed E-state index contributed by atoms with van der Waals surface area (Å²) in [5.41, 5.74) is 6.06. The van der Waals surface area contributed by atoms with Gasteiger partial charge in [0.25, 0.3) is 0 Å². The average molecular weight is 155 g/mol. The zero-order valence-corrected chi connectivity index (χ0v) is 6.03. The Kier molecular flexibility index (Phi) is 1.91. The predicted octanol–water partition coefficient (Wildman–Crippen LogP) is -0.197. The molecule has 0 aliphatic heterocycles. The van der Waals surface area contributed by atoms with E-state index in [-0.39, 0.29) is 5.82 Å². The van der Waals surface area contributed by atoms with Crippen molar-refractivity contribution in [1.29, 1.82) is 0 Å². The van der Waals surface area contributed by atoms with Gasteiger partial charge in [-0.1, -0.05) is 0 Å². The van der Waals surface area contributed by atoms with E-state index in [1.54, 1.807) is 6.92 Å². The molecule has 1 aromatic heterocycles. The Hall–Kier alpha value is -1.36. The van der Waals surface area contributed by atoms with Crippen LogP contribution >= 0.6 is 0 Å². The minimum Gasteiger partial charge on any atom is -0.480 e. The molecule has 0 bridgehead atoms. The van der Waals surface area contributed by atoms with Crippen molar-refractivity contribution in [3.8, 4) is 0 Å². The van der Waals surface area contributed by atoms with Gasteiger partial charge < -0.3 is 15.8 Å². The topological polar surface area (TPSA) is 92.0 Å². The number of hydrogen-bond donors (Lipinski definition) is 3. The van der Waals surface area contributed by atoms with E-state index >= 15 is 0 Å². The maximum atomic E-state index is 10.3. The second-order valence-electron chi connectivity index (χ2n) is 2.27. The van der Waals surface area contributed by atoms with Gasteiger partial charge in [0.1, 0.15) is 5.82 Å². The lowest BCUT2D eigenvalue weighted by atomic mass is 10.3. The Morgan fingerprint density at radius 2 is 2.55 bits per heavy atom. The molecule has 0 aliphatic carbocycles. The number of nitrogens with one attached hydrogen (secondary N) is 1. The summed E-state index contributed by atoms with van der Waals surface area (Å²) in [4.78, 5) is 16.8. The lowest BCUT2D eigenvalue weighted by Crippen LogP contribution is -2.21. The van der Waals surface area contributed by atoms with Crippen LogP contribution in [0.2, 0.25) is 0 Å². The summed E-state index contributed by atoms with van der Waals surface area (Å²) in [5.74, 6) is -0.797. The molecular weight excluding hydrogens is 146 g/mol. The average Bonchev–Trinajstić information content (AvgIpc) is 2.34. The van der Waals surface area contributed by atoms with Crippen LogP contribution in [0.1, 0.15) is 17.6 Å². The molecule has 0 spiro atoms. The second-order valence-corrected chi connectivity index (χ2v) is 2.27. The van der Waals surface area contributed by atoms with Crippen molar-refractivity contribution in [1.82, 2.24) is 9.97 Å². The third kappa shape index (κ3) is 1.56. The highest BCUT2D eigenvalue weighted by Gasteiger charge is 2.16. The van der Waals surface area contributed by atoms with Crippen LogP contribution in [0.25, 0.3) is 0 Å². The lowest BCUT2D eigenvalue weighted by Gasteiger charge is -1.99. The van der Waals surface area contributed by atoms with Crippen molar-refractivity contribution in [2.24, 2.45) is 5.73 Å². The van der Waals surface area contributed by atoms with Crippen LogP contribution in [0.5, 0.6) is 0 Å². The van der Waals surface area contributed by atoms with Gasteiger partial charge in [0, 0.05) is 11.9 Å². The second kappa shape index (κ2) is 2.71. The summed E-state index contributed by atoms with van der Waals surface area (Å²) in [5, 5.41) is 8.46. The monoisotopic (exact) mass is 155 g/mol. The number of aromatic amines is 1. The standard InChI is InChI=1S/C6H9N3O2/c1-3-2-8-5(9-3)4(7)6(10)11/h2,4H,7H2,1H3,(H,8,9)(H,10,11). The molecule has 1 aromatic rings. The largest absolute Gasteiger partial charge is 0.480 e. The lowest BCUT2D eigenvalue weighted by molar-refractivity contribution is -0.138. The summed E-state index contributed by atoms with van der Waals surface area (Å²) < 4.78 is 0. The van der Waals surface area contributed by atoms with Crippen LogP contribution in [0.4, 0.5) is 0 Å². The van der Waals surface area contributed by atoms with Gasteiger partial charge in [0.2, 0.25) is 0 Å². The summed E-state index contributed by atoms with van der Waals surface area (Å²) in [6.45, 7) is 1.78. The Labute approximate surface area is 63.3 Å². The number of rotatable bonds is 2. The molecule has 0 aliphatic rings. The third-order valence-electron chi connectivity index (χ3n) is 1.28. The van der Waals surface area contributed by atoms with Crippen molar-refractivity contribution >= 4 is 5.97 Å². The first-order chi connectivity index (χ1) is 5.11. The molecule has 5 heteroatoms. The van der Waals surface area contributed by atoms with Crippen molar-refractivity contribution in [2.45, 2.75) is 13.0 Å². The van der Waals surface area contributed by atoms with E-state index in [2.05, 4.69) is 9.97 Å². The maximum absolute atomic E-state index is 10.3. The fraction of sp³-hybridized carbons (Fsp3) is 0.333. The molecule has 60 valence electrons. The maximum Gasteiger partial charge on any atom is 0.328 e. The Morgan fingerprint density at radius 1 is 1.91 bits per heavy atom. The number of aliphatic carboxylic acids is 1. The van der Waals surface area contributed by atoms with Crippen LogP contribution in [-0.4, -0.2) is 21.0 Å². The van der Waals surface area contributed by atoms with Crippen molar-refractivity contribution < 1.29 is 9.90 Å². The Balaban J connectivity index is 2.84. The quantitative estimate of drug-likeness (QED) is 0.551. The minimum absolute atomic E-state index is 0.287. The van der Waals surface area contributed by atoms with Crippen molar-refractivity contribution in [3.63, 3.8) is 0 Å². The number of nitrogens with zero attached hydrogens (tertiary/aromatic N) is 1. The van der Waals surface area contributed by atoms with E-state index in [1.807, 2.05) is 0 Å². The fourth-order valence-electron chi connectivity index (χ4n) is 0.708. The van der Waals surface area contributed by atoms with Gasteiger partial charge in [0.05, 0.1) is 0 Å². The van der Waals surface area contributed by atoms with Crippen LogP contribution < -0.4 is 5.73 Å². The summed E-state index contributed by atoms with van der Waals surface area (Å²) >= 11 is 0. The predicted molar refractivity (Wildman–Crippen MR) is 37.9 cm³/mol. The molecule has 1 atom stereocenters. The van der Waals surface area contributed by atoms with Gasteiger partial charge in [-0.3, -0.25) is 4.79 Å². The molecule has 5 nitrogen and oxygen atoms in total. The first kappa shape index (κ1) is 7.74. The van der Waals surface area contributed by atoms with Gasteiger partial charge >= 0.3 is 5.97 Å². The number of carboxylic acids is 1. The Morgan fingerprint density at radius 3 is 2.91 bits per heavy atom. The first-order valence-corrected chi connectivity index (χ1v) is 3.11. The summed E-state index contributed by atoms with van der Waals surface area (Å²) in [6.07, 6.45) is 1.54. The molecule has 0 saturated carbocycles. The highest BCUT2D eigenvalue weighted by molar-refractivity contribution is 5.73. The van der Waals surface area contributed by atoms with Gasteiger partial charge in [0.15, 0.2) is 6.04 Å². The molecule has 0 fully saturated rings. The number of carbonyl (C=O) groups is 1. The SMILES string of the molecule is Cc1cnc(C(N)C(=O)O)[nH]1. The van der Waals surface area contributed by atoms with E-state index in [1.165, 1.54) is 6.20 Å². The third-order valence-corrected chi connectivity index (χ3v) is 1.28. The molecule has 0 saturated heterocycles. The Bertz CT molecular complexity index is 269. The first-order valence-electron chi connectivity index (χ1n) is 3.11. The molecule has 0 radical (unpaired) electrons. The van der Waals surface area contributed by atoms with E-state index in [9.17, 15) is 4.79 Å². The fourth-order valence-corrected chi connectivity index (χ4v) is 0.708.